The zero-order valence-corrected chi connectivity index (χ0v) is 14.8. The topological polar surface area (TPSA) is 33.2 Å². The summed E-state index contributed by atoms with van der Waals surface area (Å²) in [5.74, 6) is 1.61. The van der Waals surface area contributed by atoms with Crippen LogP contribution in [-0.4, -0.2) is 21.5 Å². The molecule has 0 saturated heterocycles. The van der Waals surface area contributed by atoms with E-state index in [1.807, 2.05) is 18.2 Å². The first-order valence-corrected chi connectivity index (χ1v) is 9.53. The molecule has 24 heavy (non-hydrogen) atoms. The van der Waals surface area contributed by atoms with Gasteiger partial charge in [-0.3, -0.25) is 4.21 Å². The second-order valence-corrected chi connectivity index (χ2v) is 7.94. The van der Waals surface area contributed by atoms with E-state index in [2.05, 4.69) is 49.1 Å². The first kappa shape index (κ1) is 15.3. The number of aryl methyl sites for hydroxylation is 2. The maximum absolute atomic E-state index is 12.5. The lowest BCUT2D eigenvalue weighted by Gasteiger charge is -2.22. The summed E-state index contributed by atoms with van der Waals surface area (Å²) in [4.78, 5) is 8.08. The van der Waals surface area contributed by atoms with Gasteiger partial charge in [-0.1, -0.05) is 29.8 Å². The Labute approximate surface area is 144 Å². The van der Waals surface area contributed by atoms with Gasteiger partial charge in [0, 0.05) is 29.1 Å². The molecule has 0 radical (unpaired) electrons. The van der Waals surface area contributed by atoms with Crippen LogP contribution in [0.15, 0.2) is 53.4 Å². The lowest BCUT2D eigenvalue weighted by atomic mass is 10.1. The summed E-state index contributed by atoms with van der Waals surface area (Å²) in [5, 5.41) is 1.21. The molecule has 2 heterocycles. The number of hydrogen-bond acceptors (Lipinski definition) is 3. The molecule has 0 N–H and O–H groups in total. The van der Waals surface area contributed by atoms with Crippen LogP contribution in [-0.2, 0) is 17.3 Å². The highest BCUT2D eigenvalue weighted by molar-refractivity contribution is 7.85. The summed E-state index contributed by atoms with van der Waals surface area (Å²) in [6.45, 7) is 5.75. The molecule has 1 aliphatic rings. The summed E-state index contributed by atoms with van der Waals surface area (Å²) >= 11 is 0. The fraction of sp³-hybridized carbons (Fsp3) is 0.250. The van der Waals surface area contributed by atoms with Crippen molar-refractivity contribution in [2.24, 2.45) is 0 Å². The van der Waals surface area contributed by atoms with Crippen molar-refractivity contribution in [3.8, 4) is 0 Å². The Bertz CT molecular complexity index is 952. The summed E-state index contributed by atoms with van der Waals surface area (Å²) in [6.07, 6.45) is 0. The minimum absolute atomic E-state index is 0.643. The molecule has 1 atom stereocenters. The highest BCUT2D eigenvalue weighted by Crippen LogP contribution is 2.27. The molecule has 0 saturated carbocycles. The molecule has 0 aliphatic carbocycles. The summed E-state index contributed by atoms with van der Waals surface area (Å²) in [7, 11) is -0.932. The summed E-state index contributed by atoms with van der Waals surface area (Å²) in [6, 6.07) is 16.6. The van der Waals surface area contributed by atoms with Crippen LogP contribution in [0.5, 0.6) is 0 Å². The van der Waals surface area contributed by atoms with Crippen molar-refractivity contribution in [1.82, 2.24) is 4.98 Å². The van der Waals surface area contributed by atoms with Crippen LogP contribution in [0.4, 0.5) is 5.82 Å². The number of nitrogens with zero attached hydrogens (tertiary/aromatic N) is 2. The van der Waals surface area contributed by atoms with Crippen molar-refractivity contribution >= 4 is 27.5 Å². The molecule has 3 aromatic rings. The second-order valence-electron chi connectivity index (χ2n) is 6.40. The first-order valence-electron chi connectivity index (χ1n) is 8.21. The van der Waals surface area contributed by atoms with E-state index in [1.54, 1.807) is 0 Å². The average Bonchev–Trinajstić information content (AvgIpc) is 2.75. The molecule has 2 aromatic carbocycles. The van der Waals surface area contributed by atoms with E-state index in [9.17, 15) is 4.21 Å². The van der Waals surface area contributed by atoms with Crippen molar-refractivity contribution in [2.45, 2.75) is 25.3 Å². The van der Waals surface area contributed by atoms with Crippen LogP contribution in [0.1, 0.15) is 16.7 Å². The number of fused-ring (bicyclic) bond motifs is 2. The van der Waals surface area contributed by atoms with Gasteiger partial charge in [0.15, 0.2) is 0 Å². The van der Waals surface area contributed by atoms with Gasteiger partial charge in [-0.25, -0.2) is 4.98 Å². The Hall–Kier alpha value is -2.20. The van der Waals surface area contributed by atoms with Gasteiger partial charge >= 0.3 is 0 Å². The van der Waals surface area contributed by atoms with Crippen LogP contribution in [0.2, 0.25) is 0 Å². The molecular formula is C20H20N2OS. The third-order valence-electron chi connectivity index (χ3n) is 4.61. The van der Waals surface area contributed by atoms with Crippen molar-refractivity contribution in [1.29, 1.82) is 0 Å². The second kappa shape index (κ2) is 6.02. The molecule has 4 rings (SSSR count). The van der Waals surface area contributed by atoms with E-state index in [-0.39, 0.29) is 0 Å². The van der Waals surface area contributed by atoms with Crippen LogP contribution < -0.4 is 4.90 Å². The number of anilines is 1. The van der Waals surface area contributed by atoms with Crippen LogP contribution >= 0.6 is 0 Å². The Morgan fingerprint density at radius 2 is 1.92 bits per heavy atom. The third kappa shape index (κ3) is 2.71. The van der Waals surface area contributed by atoms with Crippen LogP contribution in [0, 0.1) is 13.8 Å². The molecule has 4 heteroatoms. The molecular weight excluding hydrogens is 316 g/mol. The van der Waals surface area contributed by atoms with Crippen LogP contribution in [0.25, 0.3) is 10.9 Å². The first-order chi connectivity index (χ1) is 11.6. The van der Waals surface area contributed by atoms with E-state index in [1.165, 1.54) is 16.5 Å². The van der Waals surface area contributed by atoms with E-state index >= 15 is 0 Å². The monoisotopic (exact) mass is 336 g/mol. The predicted octanol–water partition coefficient (Wildman–Crippen LogP) is 3.98. The fourth-order valence-electron chi connectivity index (χ4n) is 3.29. The maximum atomic E-state index is 12.5. The van der Waals surface area contributed by atoms with Crippen molar-refractivity contribution in [3.05, 3.63) is 65.2 Å². The normalized spacial score (nSPS) is 17.6. The number of rotatable bonds is 1. The van der Waals surface area contributed by atoms with Gasteiger partial charge < -0.3 is 4.90 Å². The Kier molecular flexibility index (Phi) is 3.85. The Morgan fingerprint density at radius 1 is 1.08 bits per heavy atom. The zero-order chi connectivity index (χ0) is 16.7. The van der Waals surface area contributed by atoms with E-state index < -0.39 is 10.8 Å². The van der Waals surface area contributed by atoms with Gasteiger partial charge in [0.2, 0.25) is 0 Å². The molecule has 1 aliphatic heterocycles. The van der Waals surface area contributed by atoms with E-state index in [4.69, 9.17) is 4.98 Å². The standard InChI is InChI=1S/C20H20N2OS/c1-14-7-8-18-17(11-14)15(2)12-20(21-18)22-9-10-24(23)19-6-4-3-5-16(19)13-22/h3-8,11-12H,9-10,13H2,1-2H3. The minimum Gasteiger partial charge on any atom is -0.351 e. The SMILES string of the molecule is Cc1ccc2nc(N3CCS(=O)c4ccccc4C3)cc(C)c2c1. The predicted molar refractivity (Wildman–Crippen MR) is 100.0 cm³/mol. The van der Waals surface area contributed by atoms with Gasteiger partial charge in [0.25, 0.3) is 0 Å². The lowest BCUT2D eigenvalue weighted by molar-refractivity contribution is 0.683. The van der Waals surface area contributed by atoms with Crippen molar-refractivity contribution in [3.63, 3.8) is 0 Å². The van der Waals surface area contributed by atoms with E-state index in [0.29, 0.717) is 5.75 Å². The largest absolute Gasteiger partial charge is 0.351 e. The fourth-order valence-corrected chi connectivity index (χ4v) is 4.55. The number of pyridine rings is 1. The maximum Gasteiger partial charge on any atom is 0.129 e. The summed E-state index contributed by atoms with van der Waals surface area (Å²) < 4.78 is 12.5. The molecule has 122 valence electrons. The third-order valence-corrected chi connectivity index (χ3v) is 6.05. The Morgan fingerprint density at radius 3 is 2.79 bits per heavy atom. The average molecular weight is 336 g/mol. The molecule has 0 amide bonds. The number of benzene rings is 2. The van der Waals surface area contributed by atoms with E-state index in [0.717, 1.165) is 34.9 Å². The lowest BCUT2D eigenvalue weighted by Crippen LogP contribution is -2.25. The zero-order valence-electron chi connectivity index (χ0n) is 14.0. The van der Waals surface area contributed by atoms with Crippen molar-refractivity contribution < 1.29 is 4.21 Å². The van der Waals surface area contributed by atoms with Gasteiger partial charge in [-0.2, -0.15) is 0 Å². The molecule has 0 bridgehead atoms. The highest BCUT2D eigenvalue weighted by Gasteiger charge is 2.20. The van der Waals surface area contributed by atoms with Gasteiger partial charge in [0.05, 0.1) is 16.3 Å². The number of aromatic nitrogens is 1. The highest BCUT2D eigenvalue weighted by atomic mass is 32.2. The minimum atomic E-state index is -0.932. The number of hydrogen-bond donors (Lipinski definition) is 0. The van der Waals surface area contributed by atoms with Gasteiger partial charge in [0.1, 0.15) is 5.82 Å². The quantitative estimate of drug-likeness (QED) is 0.674. The summed E-state index contributed by atoms with van der Waals surface area (Å²) in [5.41, 5.74) is 4.64. The molecule has 1 aromatic heterocycles. The molecule has 0 fully saturated rings. The van der Waals surface area contributed by atoms with Gasteiger partial charge in [-0.15, -0.1) is 0 Å². The van der Waals surface area contributed by atoms with Gasteiger partial charge in [-0.05, 0) is 49.2 Å². The molecule has 1 unspecified atom stereocenters. The van der Waals surface area contributed by atoms with Crippen LogP contribution in [0.3, 0.4) is 0 Å². The molecule has 3 nitrogen and oxygen atoms in total. The Balaban J connectivity index is 1.78. The molecule has 0 spiro atoms. The smallest absolute Gasteiger partial charge is 0.129 e. The van der Waals surface area contributed by atoms with Crippen molar-refractivity contribution in [2.75, 3.05) is 17.2 Å².